The molecule has 0 bridgehead atoms. The monoisotopic (exact) mass is 411 g/mol. The van der Waals surface area contributed by atoms with Crippen LogP contribution in [0.1, 0.15) is 61.2 Å². The topological polar surface area (TPSA) is 108 Å². The van der Waals surface area contributed by atoms with E-state index in [4.69, 9.17) is 4.52 Å². The summed E-state index contributed by atoms with van der Waals surface area (Å²) in [5.41, 5.74) is 0.307. The van der Waals surface area contributed by atoms with Crippen LogP contribution in [0.3, 0.4) is 0 Å². The number of carbonyl (C=O) groups excluding carboxylic acids is 1. The van der Waals surface area contributed by atoms with Crippen molar-refractivity contribution in [1.29, 1.82) is 0 Å². The van der Waals surface area contributed by atoms with Gasteiger partial charge in [0.2, 0.25) is 0 Å². The van der Waals surface area contributed by atoms with Crippen LogP contribution in [0.15, 0.2) is 10.6 Å². The first kappa shape index (κ1) is 19.8. The third-order valence-electron chi connectivity index (χ3n) is 5.81. The molecule has 28 heavy (non-hydrogen) atoms. The second-order valence-electron chi connectivity index (χ2n) is 8.05. The van der Waals surface area contributed by atoms with Gasteiger partial charge in [0.15, 0.2) is 5.69 Å². The molecule has 2 aliphatic heterocycles. The fourth-order valence-electron chi connectivity index (χ4n) is 4.04. The first-order chi connectivity index (χ1) is 13.4. The van der Waals surface area contributed by atoms with Crippen LogP contribution in [-0.4, -0.2) is 72.9 Å². The molecule has 2 atom stereocenters. The molecule has 3 heterocycles. The lowest BCUT2D eigenvalue weighted by Gasteiger charge is -2.39. The van der Waals surface area contributed by atoms with Crippen LogP contribution >= 0.6 is 0 Å². The van der Waals surface area contributed by atoms with E-state index in [9.17, 15) is 13.2 Å². The van der Waals surface area contributed by atoms with Crippen molar-refractivity contribution in [1.82, 2.24) is 24.4 Å². The Labute approximate surface area is 166 Å². The van der Waals surface area contributed by atoms with E-state index in [1.807, 2.05) is 6.92 Å². The Bertz CT molecular complexity index is 799. The molecular weight excluding hydrogens is 382 g/mol. The molecule has 9 nitrogen and oxygen atoms in total. The highest BCUT2D eigenvalue weighted by Gasteiger charge is 2.38. The summed E-state index contributed by atoms with van der Waals surface area (Å²) in [5.74, 6) is 0.950. The van der Waals surface area contributed by atoms with Gasteiger partial charge < -0.3 is 15.2 Å². The van der Waals surface area contributed by atoms with Crippen molar-refractivity contribution in [3.05, 3.63) is 17.5 Å². The number of aromatic nitrogens is 1. The molecule has 1 amide bonds. The second kappa shape index (κ2) is 8.10. The van der Waals surface area contributed by atoms with Gasteiger partial charge in [-0.05, 0) is 45.6 Å². The first-order valence-electron chi connectivity index (χ1n) is 10.2. The number of hydrogen-bond acceptors (Lipinski definition) is 6. The summed E-state index contributed by atoms with van der Waals surface area (Å²) in [7, 11) is -3.47. The van der Waals surface area contributed by atoms with Gasteiger partial charge in [-0.2, -0.15) is 17.0 Å². The summed E-state index contributed by atoms with van der Waals surface area (Å²) < 4.78 is 34.5. The van der Waals surface area contributed by atoms with Crippen molar-refractivity contribution in [2.24, 2.45) is 0 Å². The standard InChI is InChI=1S/C18H29N5O4S/c1-13-11-15(20-18(24)16-12-17(27-21-16)14-3-4-14)5-9-23(13)28(25,26)22-8-2-6-19-7-10-22/h12-15,19H,2-11H2,1H3,(H,20,24)/t13-,15-/m0/s1. The molecule has 2 saturated heterocycles. The molecule has 1 saturated carbocycles. The maximum Gasteiger partial charge on any atom is 0.282 e. The molecule has 1 aromatic heterocycles. The maximum atomic E-state index is 13.0. The maximum absolute atomic E-state index is 13.0. The molecule has 4 rings (SSSR count). The minimum Gasteiger partial charge on any atom is -0.360 e. The van der Waals surface area contributed by atoms with Crippen LogP contribution < -0.4 is 10.6 Å². The van der Waals surface area contributed by atoms with Gasteiger partial charge in [-0.15, -0.1) is 0 Å². The highest BCUT2D eigenvalue weighted by Crippen LogP contribution is 2.40. The smallest absolute Gasteiger partial charge is 0.282 e. The van der Waals surface area contributed by atoms with Crippen molar-refractivity contribution < 1.29 is 17.7 Å². The number of amides is 1. The summed E-state index contributed by atoms with van der Waals surface area (Å²) in [5, 5.41) is 10.1. The molecular formula is C18H29N5O4S. The van der Waals surface area contributed by atoms with Gasteiger partial charge in [0.1, 0.15) is 5.76 Å². The minimum atomic E-state index is -3.47. The average Bonchev–Trinajstić information content (AvgIpc) is 3.44. The van der Waals surface area contributed by atoms with E-state index in [1.165, 1.54) is 0 Å². The third kappa shape index (κ3) is 4.24. The van der Waals surface area contributed by atoms with Gasteiger partial charge in [0, 0.05) is 50.2 Å². The van der Waals surface area contributed by atoms with Crippen molar-refractivity contribution in [2.45, 2.75) is 57.0 Å². The zero-order valence-corrected chi connectivity index (χ0v) is 17.1. The Balaban J connectivity index is 1.34. The highest BCUT2D eigenvalue weighted by atomic mass is 32.2. The van der Waals surface area contributed by atoms with E-state index in [2.05, 4.69) is 15.8 Å². The van der Waals surface area contributed by atoms with Gasteiger partial charge >= 0.3 is 0 Å². The summed E-state index contributed by atoms with van der Waals surface area (Å²) in [6, 6.07) is 1.49. The van der Waals surface area contributed by atoms with Crippen LogP contribution in [0.4, 0.5) is 0 Å². The van der Waals surface area contributed by atoms with E-state index in [0.29, 0.717) is 50.6 Å². The molecule has 1 aliphatic carbocycles. The van der Waals surface area contributed by atoms with E-state index in [0.717, 1.165) is 31.6 Å². The van der Waals surface area contributed by atoms with Crippen molar-refractivity contribution in [2.75, 3.05) is 32.7 Å². The van der Waals surface area contributed by atoms with Crippen LogP contribution in [0.2, 0.25) is 0 Å². The molecule has 2 N–H and O–H groups in total. The van der Waals surface area contributed by atoms with Gasteiger partial charge in [-0.25, -0.2) is 0 Å². The average molecular weight is 412 g/mol. The van der Waals surface area contributed by atoms with E-state index < -0.39 is 10.2 Å². The lowest BCUT2D eigenvalue weighted by molar-refractivity contribution is 0.0903. The molecule has 3 fully saturated rings. The molecule has 0 spiro atoms. The molecule has 10 heteroatoms. The van der Waals surface area contributed by atoms with Gasteiger partial charge in [0.05, 0.1) is 0 Å². The molecule has 1 aromatic rings. The Kier molecular flexibility index (Phi) is 5.73. The number of rotatable bonds is 5. The number of nitrogens with zero attached hydrogens (tertiary/aromatic N) is 3. The van der Waals surface area contributed by atoms with Crippen LogP contribution in [-0.2, 0) is 10.2 Å². The SMILES string of the molecule is C[C@H]1C[C@@H](NC(=O)c2cc(C3CC3)on2)CCN1S(=O)(=O)N1CCCNCC1. The Morgan fingerprint density at radius 1 is 1.25 bits per heavy atom. The van der Waals surface area contributed by atoms with Gasteiger partial charge in [0.25, 0.3) is 16.1 Å². The normalized spacial score (nSPS) is 28.0. The predicted molar refractivity (Wildman–Crippen MR) is 103 cm³/mol. The van der Waals surface area contributed by atoms with Crippen LogP contribution in [0, 0.1) is 0 Å². The number of piperidine rings is 1. The van der Waals surface area contributed by atoms with E-state index in [1.54, 1.807) is 14.7 Å². The number of hydrogen-bond donors (Lipinski definition) is 2. The van der Waals surface area contributed by atoms with Gasteiger partial charge in [-0.1, -0.05) is 5.16 Å². The van der Waals surface area contributed by atoms with Crippen molar-refractivity contribution in [3.63, 3.8) is 0 Å². The minimum absolute atomic E-state index is 0.0687. The zero-order valence-electron chi connectivity index (χ0n) is 16.3. The Hall–Kier alpha value is -1.49. The van der Waals surface area contributed by atoms with Crippen molar-refractivity contribution >= 4 is 16.1 Å². The predicted octanol–water partition coefficient (Wildman–Crippen LogP) is 0.675. The first-order valence-corrected chi connectivity index (χ1v) is 11.6. The lowest BCUT2D eigenvalue weighted by Crippen LogP contribution is -2.55. The molecule has 0 radical (unpaired) electrons. The largest absolute Gasteiger partial charge is 0.360 e. The fourth-order valence-corrected chi connectivity index (χ4v) is 5.90. The molecule has 3 aliphatic rings. The third-order valence-corrected chi connectivity index (χ3v) is 7.97. The summed E-state index contributed by atoms with van der Waals surface area (Å²) in [6.07, 6.45) is 4.18. The lowest BCUT2D eigenvalue weighted by atomic mass is 10.0. The summed E-state index contributed by atoms with van der Waals surface area (Å²) in [6.45, 7) is 4.90. The quantitative estimate of drug-likeness (QED) is 0.738. The Morgan fingerprint density at radius 3 is 2.82 bits per heavy atom. The molecule has 0 unspecified atom stereocenters. The second-order valence-corrected chi connectivity index (χ2v) is 9.93. The molecule has 0 aromatic carbocycles. The number of carbonyl (C=O) groups is 1. The van der Waals surface area contributed by atoms with Crippen LogP contribution in [0.5, 0.6) is 0 Å². The van der Waals surface area contributed by atoms with E-state index >= 15 is 0 Å². The zero-order chi connectivity index (χ0) is 19.7. The Morgan fingerprint density at radius 2 is 2.07 bits per heavy atom. The van der Waals surface area contributed by atoms with E-state index in [-0.39, 0.29) is 18.0 Å². The van der Waals surface area contributed by atoms with Gasteiger partial charge in [-0.3, -0.25) is 4.79 Å². The molecule has 156 valence electrons. The highest BCUT2D eigenvalue weighted by molar-refractivity contribution is 7.86. The van der Waals surface area contributed by atoms with Crippen molar-refractivity contribution in [3.8, 4) is 0 Å². The summed E-state index contributed by atoms with van der Waals surface area (Å²) >= 11 is 0. The summed E-state index contributed by atoms with van der Waals surface area (Å²) in [4.78, 5) is 12.5. The van der Waals surface area contributed by atoms with Crippen LogP contribution in [0.25, 0.3) is 0 Å². The fraction of sp³-hybridized carbons (Fsp3) is 0.778. The number of nitrogens with one attached hydrogen (secondary N) is 2.